The van der Waals surface area contributed by atoms with Crippen molar-refractivity contribution in [3.63, 3.8) is 0 Å². The lowest BCUT2D eigenvalue weighted by molar-refractivity contribution is 0.387. The van der Waals surface area contributed by atoms with Gasteiger partial charge in [0, 0.05) is 23.1 Å². The molecule has 100 valence electrons. The highest BCUT2D eigenvalue weighted by Crippen LogP contribution is 2.52. The number of methoxy groups -OCH3 is 1. The molecule has 0 atom stereocenters. The molecule has 1 saturated carbocycles. The van der Waals surface area contributed by atoms with Crippen LogP contribution in [0, 0.1) is 6.92 Å². The van der Waals surface area contributed by atoms with Gasteiger partial charge in [0.2, 0.25) is 0 Å². The molecular formula is C16H25NO. The van der Waals surface area contributed by atoms with Crippen LogP contribution in [0.3, 0.4) is 0 Å². The van der Waals surface area contributed by atoms with Crippen LogP contribution >= 0.6 is 0 Å². The van der Waals surface area contributed by atoms with Crippen LogP contribution in [-0.4, -0.2) is 13.7 Å². The molecule has 0 radical (unpaired) electrons. The summed E-state index contributed by atoms with van der Waals surface area (Å²) in [5, 5.41) is 0. The molecule has 0 aliphatic heterocycles. The van der Waals surface area contributed by atoms with Crippen LogP contribution in [0.1, 0.15) is 50.3 Å². The first-order valence-electron chi connectivity index (χ1n) is 6.74. The quantitative estimate of drug-likeness (QED) is 0.889. The third-order valence-corrected chi connectivity index (χ3v) is 4.06. The van der Waals surface area contributed by atoms with Gasteiger partial charge >= 0.3 is 0 Å². The first kappa shape index (κ1) is 13.4. The smallest absolute Gasteiger partial charge is 0.126 e. The Hall–Kier alpha value is -1.02. The summed E-state index contributed by atoms with van der Waals surface area (Å²) in [5.74, 6) is 1.05. The van der Waals surface area contributed by atoms with Gasteiger partial charge in [0.25, 0.3) is 0 Å². The van der Waals surface area contributed by atoms with Crippen molar-refractivity contribution in [1.82, 2.24) is 0 Å². The molecule has 18 heavy (non-hydrogen) atoms. The van der Waals surface area contributed by atoms with Crippen molar-refractivity contribution >= 4 is 0 Å². The Labute approximate surface area is 111 Å². The van der Waals surface area contributed by atoms with Gasteiger partial charge in [-0.25, -0.2) is 0 Å². The molecule has 2 nitrogen and oxygen atoms in total. The molecule has 2 heteroatoms. The van der Waals surface area contributed by atoms with Crippen molar-refractivity contribution < 1.29 is 4.74 Å². The average Bonchev–Trinajstić information content (AvgIpc) is 3.07. The minimum atomic E-state index is 0.0940. The number of ether oxygens (including phenoxy) is 1. The maximum Gasteiger partial charge on any atom is 0.126 e. The molecule has 2 N–H and O–H groups in total. The number of hydrogen-bond donors (Lipinski definition) is 1. The van der Waals surface area contributed by atoms with Gasteiger partial charge in [-0.15, -0.1) is 0 Å². The second kappa shape index (κ2) is 4.27. The van der Waals surface area contributed by atoms with Crippen LogP contribution in [0.25, 0.3) is 0 Å². The largest absolute Gasteiger partial charge is 0.496 e. The number of nitrogens with two attached hydrogens (primary N) is 1. The zero-order valence-electron chi connectivity index (χ0n) is 12.3. The Balaban J connectivity index is 2.63. The highest BCUT2D eigenvalue weighted by atomic mass is 16.5. The van der Waals surface area contributed by atoms with Crippen molar-refractivity contribution in [2.24, 2.45) is 5.73 Å². The van der Waals surface area contributed by atoms with E-state index in [0.29, 0.717) is 0 Å². The lowest BCUT2D eigenvalue weighted by atomic mass is 9.81. The van der Waals surface area contributed by atoms with E-state index in [4.69, 9.17) is 10.5 Å². The van der Waals surface area contributed by atoms with Gasteiger partial charge in [-0.1, -0.05) is 38.5 Å². The zero-order valence-corrected chi connectivity index (χ0v) is 12.3. The van der Waals surface area contributed by atoms with Gasteiger partial charge in [-0.05, 0) is 25.2 Å². The predicted octanol–water partition coefficient (Wildman–Crippen LogP) is 3.29. The molecule has 1 fully saturated rings. The van der Waals surface area contributed by atoms with Crippen LogP contribution in [-0.2, 0) is 10.8 Å². The van der Waals surface area contributed by atoms with Crippen LogP contribution in [0.2, 0.25) is 0 Å². The summed E-state index contributed by atoms with van der Waals surface area (Å²) in [6.45, 7) is 9.57. The maximum absolute atomic E-state index is 5.98. The summed E-state index contributed by atoms with van der Waals surface area (Å²) in [6.07, 6.45) is 2.37. The van der Waals surface area contributed by atoms with E-state index >= 15 is 0 Å². The fourth-order valence-electron chi connectivity index (χ4n) is 2.68. The lowest BCUT2D eigenvalue weighted by Crippen LogP contribution is -2.23. The van der Waals surface area contributed by atoms with Gasteiger partial charge in [0.15, 0.2) is 0 Å². The summed E-state index contributed by atoms with van der Waals surface area (Å²) in [4.78, 5) is 0. The summed E-state index contributed by atoms with van der Waals surface area (Å²) >= 11 is 0. The molecular weight excluding hydrogens is 222 g/mol. The van der Waals surface area contributed by atoms with Crippen molar-refractivity contribution in [3.8, 4) is 5.75 Å². The summed E-state index contributed by atoms with van der Waals surface area (Å²) < 4.78 is 5.73. The van der Waals surface area contributed by atoms with Gasteiger partial charge in [0.05, 0.1) is 7.11 Å². The third-order valence-electron chi connectivity index (χ3n) is 4.06. The van der Waals surface area contributed by atoms with E-state index in [0.717, 1.165) is 12.3 Å². The van der Waals surface area contributed by atoms with E-state index in [-0.39, 0.29) is 10.8 Å². The van der Waals surface area contributed by atoms with E-state index in [9.17, 15) is 0 Å². The number of hydrogen-bond acceptors (Lipinski definition) is 2. The van der Waals surface area contributed by atoms with Gasteiger partial charge in [-0.3, -0.25) is 0 Å². The Morgan fingerprint density at radius 3 is 2.28 bits per heavy atom. The topological polar surface area (TPSA) is 35.2 Å². The predicted molar refractivity (Wildman–Crippen MR) is 76.4 cm³/mol. The molecule has 2 rings (SSSR count). The van der Waals surface area contributed by atoms with E-state index < -0.39 is 0 Å². The number of aryl methyl sites for hydroxylation is 1. The lowest BCUT2D eigenvalue weighted by Gasteiger charge is -2.27. The number of rotatable bonds is 3. The molecule has 1 aliphatic carbocycles. The summed E-state index contributed by atoms with van der Waals surface area (Å²) in [6, 6.07) is 4.50. The molecule has 0 aromatic heterocycles. The van der Waals surface area contributed by atoms with Crippen LogP contribution < -0.4 is 10.5 Å². The second-order valence-corrected chi connectivity index (χ2v) is 6.63. The molecule has 1 aromatic carbocycles. The van der Waals surface area contributed by atoms with E-state index in [2.05, 4.69) is 39.8 Å². The van der Waals surface area contributed by atoms with Crippen LogP contribution in [0.15, 0.2) is 12.1 Å². The SMILES string of the molecule is COc1c(C(C)(C)C)cc(C)cc1C1(CN)CC1. The minimum absolute atomic E-state index is 0.0940. The molecule has 0 unspecified atom stereocenters. The average molecular weight is 247 g/mol. The Kier molecular flexibility index (Phi) is 3.18. The van der Waals surface area contributed by atoms with E-state index in [1.54, 1.807) is 7.11 Å². The van der Waals surface area contributed by atoms with Crippen molar-refractivity contribution in [1.29, 1.82) is 0 Å². The second-order valence-electron chi connectivity index (χ2n) is 6.63. The molecule has 1 aliphatic rings. The Bertz CT molecular complexity index is 453. The van der Waals surface area contributed by atoms with Crippen molar-refractivity contribution in [2.45, 2.75) is 51.4 Å². The van der Waals surface area contributed by atoms with Gasteiger partial charge < -0.3 is 10.5 Å². The van der Waals surface area contributed by atoms with Crippen molar-refractivity contribution in [3.05, 3.63) is 28.8 Å². The van der Waals surface area contributed by atoms with E-state index in [1.165, 1.54) is 29.5 Å². The third kappa shape index (κ3) is 2.14. The maximum atomic E-state index is 5.98. The first-order chi connectivity index (χ1) is 8.34. The first-order valence-corrected chi connectivity index (χ1v) is 6.74. The normalized spacial score (nSPS) is 17.7. The highest BCUT2D eigenvalue weighted by molar-refractivity contribution is 5.53. The molecule has 0 amide bonds. The van der Waals surface area contributed by atoms with Crippen molar-refractivity contribution in [2.75, 3.05) is 13.7 Å². The summed E-state index contributed by atoms with van der Waals surface area (Å²) in [7, 11) is 1.77. The Morgan fingerprint density at radius 2 is 1.89 bits per heavy atom. The molecule has 0 heterocycles. The van der Waals surface area contributed by atoms with Crippen LogP contribution in [0.4, 0.5) is 0 Å². The minimum Gasteiger partial charge on any atom is -0.496 e. The highest BCUT2D eigenvalue weighted by Gasteiger charge is 2.45. The fourth-order valence-corrected chi connectivity index (χ4v) is 2.68. The molecule has 1 aromatic rings. The monoisotopic (exact) mass is 247 g/mol. The molecule has 0 bridgehead atoms. The molecule has 0 saturated heterocycles. The zero-order chi connectivity index (χ0) is 13.6. The Morgan fingerprint density at radius 1 is 1.28 bits per heavy atom. The molecule has 0 spiro atoms. The number of benzene rings is 1. The van der Waals surface area contributed by atoms with E-state index in [1.807, 2.05) is 0 Å². The van der Waals surface area contributed by atoms with Gasteiger partial charge in [-0.2, -0.15) is 0 Å². The standard InChI is InChI=1S/C16H25NO/c1-11-8-12(15(2,3)4)14(18-5)13(9-11)16(10-17)6-7-16/h8-9H,6-7,10,17H2,1-5H3. The summed E-state index contributed by atoms with van der Waals surface area (Å²) in [5.41, 5.74) is 10.2. The van der Waals surface area contributed by atoms with Gasteiger partial charge in [0.1, 0.15) is 5.75 Å². The van der Waals surface area contributed by atoms with Crippen LogP contribution in [0.5, 0.6) is 5.75 Å². The fraction of sp³-hybridized carbons (Fsp3) is 0.625.